The van der Waals surface area contributed by atoms with E-state index in [1.165, 1.54) is 4.90 Å². The Kier molecular flexibility index (Phi) is 10.4. The van der Waals surface area contributed by atoms with Gasteiger partial charge in [-0.15, -0.1) is 0 Å². The molecule has 1 unspecified atom stereocenters. The highest BCUT2D eigenvalue weighted by molar-refractivity contribution is 9.11. The number of allylic oxidation sites excluding steroid dienone is 1. The van der Waals surface area contributed by atoms with Crippen LogP contribution in [-0.4, -0.2) is 81.6 Å². The number of benzene rings is 2. The van der Waals surface area contributed by atoms with E-state index in [1.54, 1.807) is 17.9 Å². The van der Waals surface area contributed by atoms with Gasteiger partial charge >= 0.3 is 5.97 Å². The summed E-state index contributed by atoms with van der Waals surface area (Å²) in [6, 6.07) is 15.5. The van der Waals surface area contributed by atoms with Gasteiger partial charge < -0.3 is 29.7 Å². The summed E-state index contributed by atoms with van der Waals surface area (Å²) in [5, 5.41) is 13.9. The number of nitrogens with one attached hydrogen (secondary N) is 1. The zero-order chi connectivity index (χ0) is 34.9. The highest BCUT2D eigenvalue weighted by Crippen LogP contribution is 2.60. The molecule has 6 rings (SSSR count). The molecular weight excluding hydrogens is 690 g/mol. The van der Waals surface area contributed by atoms with Crippen LogP contribution in [0.3, 0.4) is 0 Å². The normalized spacial score (nSPS) is 32.3. The second kappa shape index (κ2) is 14.6. The number of amides is 3. The Morgan fingerprint density at radius 1 is 1.00 bits per heavy atom. The maximum Gasteiger partial charge on any atom is 0.313 e. The molecule has 4 heterocycles. The van der Waals surface area contributed by atoms with Gasteiger partial charge in [0.2, 0.25) is 17.7 Å². The van der Waals surface area contributed by atoms with E-state index >= 15 is 4.79 Å². The molecule has 49 heavy (non-hydrogen) atoms. The third-order valence-corrected chi connectivity index (χ3v) is 11.0. The minimum Gasteiger partial charge on any atom is -0.455 e. The van der Waals surface area contributed by atoms with E-state index in [0.717, 1.165) is 12.8 Å². The Morgan fingerprint density at radius 2 is 1.69 bits per heavy atom. The molecule has 2 aromatic carbocycles. The fraction of sp³-hybridized carbons (Fsp3) is 0.474. The number of cyclic esters (lactones) is 1. The van der Waals surface area contributed by atoms with Gasteiger partial charge in [-0.1, -0.05) is 102 Å². The van der Waals surface area contributed by atoms with Crippen molar-refractivity contribution in [2.45, 2.75) is 88.4 Å². The first kappa shape index (κ1) is 35.0. The minimum absolute atomic E-state index is 0.191. The van der Waals surface area contributed by atoms with E-state index in [0.29, 0.717) is 22.0 Å². The summed E-state index contributed by atoms with van der Waals surface area (Å²) in [4.78, 5) is 60.7. The SMILES string of the molecule is CCCC(C)N1C/C=C\CCC(=O)N[C@@H](C)[C@H](c2ccccc2)OC(=O)[C@H]2[C@@H]3O[C@@]4(C=C3Br)[C@@H]2C(=O)N([C@H](CO)c2ccccc2)[C@@H]4C1=O. The predicted molar refractivity (Wildman–Crippen MR) is 186 cm³/mol. The molecule has 11 heteroatoms. The third-order valence-electron chi connectivity index (χ3n) is 10.3. The molecule has 5 bridgehead atoms. The van der Waals surface area contributed by atoms with Crippen LogP contribution in [0.1, 0.15) is 69.7 Å². The van der Waals surface area contributed by atoms with Crippen molar-refractivity contribution in [3.05, 3.63) is 94.5 Å². The first-order valence-corrected chi connectivity index (χ1v) is 18.0. The van der Waals surface area contributed by atoms with Crippen molar-refractivity contribution in [2.24, 2.45) is 11.8 Å². The number of aliphatic hydroxyl groups excluding tert-OH is 1. The van der Waals surface area contributed by atoms with Crippen LogP contribution in [0, 0.1) is 11.8 Å². The zero-order valence-electron chi connectivity index (χ0n) is 28.0. The molecule has 4 aliphatic rings. The summed E-state index contributed by atoms with van der Waals surface area (Å²) >= 11 is 3.62. The van der Waals surface area contributed by atoms with E-state index < -0.39 is 66.3 Å². The van der Waals surface area contributed by atoms with Crippen molar-refractivity contribution in [3.63, 3.8) is 0 Å². The van der Waals surface area contributed by atoms with Crippen LogP contribution in [0.4, 0.5) is 0 Å². The Bertz CT molecular complexity index is 1620. The van der Waals surface area contributed by atoms with Crippen molar-refractivity contribution in [3.8, 4) is 0 Å². The van der Waals surface area contributed by atoms with Crippen LogP contribution < -0.4 is 5.32 Å². The third kappa shape index (κ3) is 6.37. The predicted octanol–water partition coefficient (Wildman–Crippen LogP) is 4.75. The van der Waals surface area contributed by atoms with Gasteiger partial charge in [0.25, 0.3) is 0 Å². The molecule has 0 saturated carbocycles. The van der Waals surface area contributed by atoms with E-state index in [-0.39, 0.29) is 30.8 Å². The summed E-state index contributed by atoms with van der Waals surface area (Å²) in [6.45, 7) is 5.63. The van der Waals surface area contributed by atoms with Crippen LogP contribution in [-0.2, 0) is 28.7 Å². The van der Waals surface area contributed by atoms with E-state index in [4.69, 9.17) is 9.47 Å². The lowest BCUT2D eigenvalue weighted by atomic mass is 9.74. The highest BCUT2D eigenvalue weighted by Gasteiger charge is 2.75. The van der Waals surface area contributed by atoms with Gasteiger partial charge in [-0.25, -0.2) is 0 Å². The molecule has 9 atom stereocenters. The summed E-state index contributed by atoms with van der Waals surface area (Å²) < 4.78 is 13.5. The first-order valence-electron chi connectivity index (χ1n) is 17.2. The topological polar surface area (TPSA) is 125 Å². The van der Waals surface area contributed by atoms with Crippen LogP contribution in [0.2, 0.25) is 0 Å². The number of rotatable bonds is 7. The second-order valence-corrected chi connectivity index (χ2v) is 14.4. The number of likely N-dealkylation sites (tertiary alicyclic amines) is 1. The number of fused-ring (bicyclic) bond motifs is 2. The molecule has 260 valence electrons. The molecule has 1 spiro atoms. The lowest BCUT2D eigenvalue weighted by Crippen LogP contribution is -2.58. The smallest absolute Gasteiger partial charge is 0.313 e. The minimum atomic E-state index is -1.49. The van der Waals surface area contributed by atoms with E-state index in [1.807, 2.05) is 86.7 Å². The fourth-order valence-corrected chi connectivity index (χ4v) is 8.75. The summed E-state index contributed by atoms with van der Waals surface area (Å²) in [6.07, 6.45) is 6.05. The number of ether oxygens (including phenoxy) is 2. The number of hydrogen-bond donors (Lipinski definition) is 2. The summed E-state index contributed by atoms with van der Waals surface area (Å²) in [5.74, 6) is -3.83. The Labute approximate surface area is 295 Å². The Balaban J connectivity index is 1.50. The molecule has 4 aliphatic heterocycles. The lowest BCUT2D eigenvalue weighted by molar-refractivity contribution is -0.162. The molecule has 0 radical (unpaired) electrons. The van der Waals surface area contributed by atoms with Gasteiger partial charge in [-0.05, 0) is 43.9 Å². The molecule has 2 saturated heterocycles. The van der Waals surface area contributed by atoms with Crippen LogP contribution in [0.25, 0.3) is 0 Å². The average Bonchev–Trinajstić information content (AvgIpc) is 3.69. The van der Waals surface area contributed by atoms with E-state index in [9.17, 15) is 19.5 Å². The molecule has 3 amide bonds. The number of nitrogens with zero attached hydrogens (tertiary/aromatic N) is 2. The van der Waals surface area contributed by atoms with E-state index in [2.05, 4.69) is 21.2 Å². The Hall–Kier alpha value is -3.80. The van der Waals surface area contributed by atoms with Crippen molar-refractivity contribution in [1.82, 2.24) is 15.1 Å². The molecule has 2 fully saturated rings. The van der Waals surface area contributed by atoms with Gasteiger partial charge in [-0.3, -0.25) is 19.2 Å². The molecule has 2 N–H and O–H groups in total. The zero-order valence-corrected chi connectivity index (χ0v) is 29.6. The first-order chi connectivity index (χ1) is 23.6. The van der Waals surface area contributed by atoms with Crippen molar-refractivity contribution in [1.29, 1.82) is 0 Å². The number of hydrogen-bond acceptors (Lipinski definition) is 7. The average molecular weight is 735 g/mol. The van der Waals surface area contributed by atoms with Gasteiger partial charge in [0.15, 0.2) is 0 Å². The van der Waals surface area contributed by atoms with Crippen LogP contribution in [0.5, 0.6) is 0 Å². The number of carbonyl (C=O) groups is 4. The molecule has 0 aromatic heterocycles. The monoisotopic (exact) mass is 733 g/mol. The Morgan fingerprint density at radius 3 is 2.37 bits per heavy atom. The fourth-order valence-electron chi connectivity index (χ4n) is 8.02. The van der Waals surface area contributed by atoms with Gasteiger partial charge in [0, 0.05) is 23.5 Å². The van der Waals surface area contributed by atoms with Crippen LogP contribution in [0.15, 0.2) is 83.4 Å². The molecular formula is C38H44BrN3O7. The number of aliphatic hydroxyl groups is 1. The standard InChI is InChI=1S/C38H44BrN3O7/c1-4-14-23(2)41-20-13-7-12-19-29(44)40-24(3)32(26-17-10-6-11-18-26)48-37(47)30-31-35(45)42(28(22-43)25-15-8-5-9-16-25)34(36(41)46)38(31)21-27(39)33(30)49-38/h5-11,13,15-18,21,23-24,28,30-34,43H,4,12,14,19-20,22H2,1-3H3,(H,40,44)/b13-7-/t23?,24-,28+,30+,31-,32+,33+,34+,38-/m0/s1. The maximum atomic E-state index is 15.1. The summed E-state index contributed by atoms with van der Waals surface area (Å²) in [5.41, 5.74) is -0.145. The number of carbonyl (C=O) groups excluding carboxylic acids is 4. The van der Waals surface area contributed by atoms with Gasteiger partial charge in [-0.2, -0.15) is 0 Å². The maximum absolute atomic E-state index is 15.1. The number of esters is 1. The van der Waals surface area contributed by atoms with Gasteiger partial charge in [0.05, 0.1) is 24.6 Å². The van der Waals surface area contributed by atoms with Crippen LogP contribution >= 0.6 is 15.9 Å². The van der Waals surface area contributed by atoms with Crippen molar-refractivity contribution >= 4 is 39.6 Å². The second-order valence-electron chi connectivity index (χ2n) is 13.4. The summed E-state index contributed by atoms with van der Waals surface area (Å²) in [7, 11) is 0. The largest absolute Gasteiger partial charge is 0.455 e. The van der Waals surface area contributed by atoms with Gasteiger partial charge in [0.1, 0.15) is 29.8 Å². The number of halogens is 1. The molecule has 0 aliphatic carbocycles. The molecule has 2 aromatic rings. The lowest BCUT2D eigenvalue weighted by Gasteiger charge is -2.40. The quantitative estimate of drug-likeness (QED) is 0.311. The van der Waals surface area contributed by atoms with Crippen molar-refractivity contribution < 1.29 is 33.8 Å². The molecule has 10 nitrogen and oxygen atoms in total. The highest BCUT2D eigenvalue weighted by atomic mass is 79.9. The van der Waals surface area contributed by atoms with Crippen molar-refractivity contribution in [2.75, 3.05) is 13.2 Å².